The first-order valence-electron chi connectivity index (χ1n) is 10.2. The molecule has 4 rings (SSSR count). The van der Waals surface area contributed by atoms with Crippen molar-refractivity contribution < 1.29 is 4.79 Å². The van der Waals surface area contributed by atoms with Gasteiger partial charge in [-0.05, 0) is 31.4 Å². The topological polar surface area (TPSA) is 52.6 Å². The monoisotopic (exact) mass is 379 g/mol. The van der Waals surface area contributed by atoms with E-state index >= 15 is 0 Å². The average Bonchev–Trinajstić information content (AvgIpc) is 2.74. The van der Waals surface area contributed by atoms with Gasteiger partial charge in [0.15, 0.2) is 0 Å². The molecule has 6 nitrogen and oxygen atoms in total. The number of benzene rings is 1. The molecule has 28 heavy (non-hydrogen) atoms. The molecule has 0 aliphatic carbocycles. The number of hydrogen-bond donors (Lipinski definition) is 0. The van der Waals surface area contributed by atoms with Gasteiger partial charge in [-0.2, -0.15) is 0 Å². The van der Waals surface area contributed by atoms with E-state index in [1.54, 1.807) is 12.4 Å². The van der Waals surface area contributed by atoms with Crippen molar-refractivity contribution in [1.82, 2.24) is 19.8 Å². The van der Waals surface area contributed by atoms with E-state index in [-0.39, 0.29) is 11.9 Å². The number of hydrogen-bond acceptors (Lipinski definition) is 5. The highest BCUT2D eigenvalue weighted by atomic mass is 16.2. The Morgan fingerprint density at radius 2 is 1.79 bits per heavy atom. The Hall–Kier alpha value is -2.47. The maximum Gasteiger partial charge on any atom is 0.257 e. The van der Waals surface area contributed by atoms with Crippen molar-refractivity contribution in [2.75, 3.05) is 44.7 Å². The van der Waals surface area contributed by atoms with Crippen molar-refractivity contribution in [2.45, 2.75) is 25.8 Å². The third kappa shape index (κ3) is 4.02. The van der Waals surface area contributed by atoms with Crippen molar-refractivity contribution >= 4 is 11.9 Å². The first-order chi connectivity index (χ1) is 13.6. The van der Waals surface area contributed by atoms with Crippen LogP contribution < -0.4 is 4.90 Å². The Balaban J connectivity index is 1.52. The van der Waals surface area contributed by atoms with Crippen LogP contribution in [0.15, 0.2) is 42.7 Å². The molecule has 0 radical (unpaired) electrons. The third-order valence-corrected chi connectivity index (χ3v) is 5.85. The molecule has 6 heteroatoms. The lowest BCUT2D eigenvalue weighted by atomic mass is 10.0. The van der Waals surface area contributed by atoms with Crippen LogP contribution >= 0.6 is 0 Å². The number of piperidine rings is 1. The van der Waals surface area contributed by atoms with Crippen molar-refractivity contribution in [3.63, 3.8) is 0 Å². The number of rotatable bonds is 3. The number of nitrogens with zero attached hydrogens (tertiary/aromatic N) is 5. The van der Waals surface area contributed by atoms with Gasteiger partial charge >= 0.3 is 0 Å². The fourth-order valence-corrected chi connectivity index (χ4v) is 4.25. The SMILES string of the molecule is CC1CCCN(c2ncc(C(=O)N3CCN(C)CC3c3ccccc3)cn2)C1. The highest BCUT2D eigenvalue weighted by Crippen LogP contribution is 2.27. The van der Waals surface area contributed by atoms with Crippen LogP contribution in [0.2, 0.25) is 0 Å². The molecular weight excluding hydrogens is 350 g/mol. The molecule has 0 spiro atoms. The molecular formula is C22H29N5O. The Bertz CT molecular complexity index is 794. The van der Waals surface area contributed by atoms with Crippen LogP contribution in [0.25, 0.3) is 0 Å². The van der Waals surface area contributed by atoms with Gasteiger partial charge < -0.3 is 14.7 Å². The van der Waals surface area contributed by atoms with Crippen molar-refractivity contribution in [3.8, 4) is 0 Å². The number of anilines is 1. The minimum atomic E-state index is 0.0144. The standard InChI is InChI=1S/C22H29N5O/c1-17-7-6-10-26(15-17)22-23-13-19(14-24-22)21(28)27-12-11-25(2)16-20(27)18-8-4-3-5-9-18/h3-5,8-9,13-14,17,20H,6-7,10-12,15-16H2,1-2H3. The van der Waals surface area contributed by atoms with Gasteiger partial charge in [-0.15, -0.1) is 0 Å². The number of piperazine rings is 1. The van der Waals surface area contributed by atoms with Crippen LogP contribution in [0.5, 0.6) is 0 Å². The Labute approximate surface area is 167 Å². The van der Waals surface area contributed by atoms with E-state index in [0.29, 0.717) is 18.0 Å². The van der Waals surface area contributed by atoms with Crippen LogP contribution in [0, 0.1) is 5.92 Å². The fraction of sp³-hybridized carbons (Fsp3) is 0.500. The summed E-state index contributed by atoms with van der Waals surface area (Å²) in [5.41, 5.74) is 1.74. The van der Waals surface area contributed by atoms with Gasteiger partial charge in [-0.3, -0.25) is 4.79 Å². The maximum absolute atomic E-state index is 13.2. The summed E-state index contributed by atoms with van der Waals surface area (Å²) in [4.78, 5) is 28.8. The van der Waals surface area contributed by atoms with Gasteiger partial charge in [0, 0.05) is 45.1 Å². The zero-order valence-electron chi connectivity index (χ0n) is 16.8. The van der Waals surface area contributed by atoms with Gasteiger partial charge in [0.25, 0.3) is 5.91 Å². The molecule has 0 saturated carbocycles. The third-order valence-electron chi connectivity index (χ3n) is 5.85. The smallest absolute Gasteiger partial charge is 0.257 e. The van der Waals surface area contributed by atoms with Crippen LogP contribution in [0.3, 0.4) is 0 Å². The van der Waals surface area contributed by atoms with Gasteiger partial charge in [-0.1, -0.05) is 37.3 Å². The lowest BCUT2D eigenvalue weighted by Gasteiger charge is -2.40. The van der Waals surface area contributed by atoms with Crippen molar-refractivity contribution in [2.24, 2.45) is 5.92 Å². The first kappa shape index (κ1) is 18.9. The molecule has 1 amide bonds. The lowest BCUT2D eigenvalue weighted by molar-refractivity contribution is 0.0497. The van der Waals surface area contributed by atoms with Gasteiger partial charge in [0.1, 0.15) is 0 Å². The second-order valence-corrected chi connectivity index (χ2v) is 8.15. The summed E-state index contributed by atoms with van der Waals surface area (Å²) in [5.74, 6) is 1.41. The summed E-state index contributed by atoms with van der Waals surface area (Å²) in [6.07, 6.45) is 5.83. The molecule has 0 N–H and O–H groups in total. The number of carbonyl (C=O) groups is 1. The second kappa shape index (κ2) is 8.27. The molecule has 2 aliphatic rings. The van der Waals surface area contributed by atoms with Crippen molar-refractivity contribution in [1.29, 1.82) is 0 Å². The molecule has 2 fully saturated rings. The molecule has 2 saturated heterocycles. The Morgan fingerprint density at radius 1 is 1.04 bits per heavy atom. The molecule has 2 aromatic rings. The number of amides is 1. The predicted octanol–water partition coefficient (Wildman–Crippen LogP) is 2.84. The lowest BCUT2D eigenvalue weighted by Crippen LogP contribution is -2.49. The van der Waals surface area contributed by atoms with E-state index < -0.39 is 0 Å². The van der Waals surface area contributed by atoms with Gasteiger partial charge in [0.05, 0.1) is 11.6 Å². The molecule has 3 heterocycles. The minimum Gasteiger partial charge on any atom is -0.341 e. The number of carbonyl (C=O) groups excluding carboxylic acids is 1. The normalized spacial score (nSPS) is 23.6. The van der Waals surface area contributed by atoms with E-state index in [0.717, 1.165) is 32.1 Å². The highest BCUT2D eigenvalue weighted by molar-refractivity contribution is 5.94. The highest BCUT2D eigenvalue weighted by Gasteiger charge is 2.31. The molecule has 2 aliphatic heterocycles. The summed E-state index contributed by atoms with van der Waals surface area (Å²) in [6, 6.07) is 10.3. The number of aromatic nitrogens is 2. The van der Waals surface area contributed by atoms with Crippen LogP contribution in [0.4, 0.5) is 5.95 Å². The quantitative estimate of drug-likeness (QED) is 0.821. The minimum absolute atomic E-state index is 0.0144. The largest absolute Gasteiger partial charge is 0.341 e. The predicted molar refractivity (Wildman–Crippen MR) is 110 cm³/mol. The van der Waals surface area contributed by atoms with Crippen LogP contribution in [0.1, 0.15) is 41.7 Å². The zero-order valence-corrected chi connectivity index (χ0v) is 16.8. The van der Waals surface area contributed by atoms with E-state index in [9.17, 15) is 4.79 Å². The maximum atomic E-state index is 13.2. The van der Waals surface area contributed by atoms with E-state index in [1.165, 1.54) is 18.4 Å². The van der Waals surface area contributed by atoms with Crippen molar-refractivity contribution in [3.05, 3.63) is 53.9 Å². The molecule has 1 aromatic carbocycles. The molecule has 148 valence electrons. The van der Waals surface area contributed by atoms with E-state index in [1.807, 2.05) is 23.1 Å². The van der Waals surface area contributed by atoms with Crippen LogP contribution in [-0.2, 0) is 0 Å². The summed E-state index contributed by atoms with van der Waals surface area (Å²) in [7, 11) is 2.11. The first-order valence-corrected chi connectivity index (χ1v) is 10.2. The Morgan fingerprint density at radius 3 is 2.50 bits per heavy atom. The van der Waals surface area contributed by atoms with E-state index in [4.69, 9.17) is 0 Å². The van der Waals surface area contributed by atoms with Gasteiger partial charge in [0.2, 0.25) is 5.95 Å². The summed E-state index contributed by atoms with van der Waals surface area (Å²) < 4.78 is 0. The zero-order chi connectivity index (χ0) is 19.5. The van der Waals surface area contributed by atoms with Crippen LogP contribution in [-0.4, -0.2) is 65.4 Å². The average molecular weight is 380 g/mol. The van der Waals surface area contributed by atoms with Gasteiger partial charge in [-0.25, -0.2) is 9.97 Å². The summed E-state index contributed by atoms with van der Waals surface area (Å²) >= 11 is 0. The molecule has 0 bridgehead atoms. The number of likely N-dealkylation sites (N-methyl/N-ethyl adjacent to an activating group) is 1. The molecule has 1 aromatic heterocycles. The second-order valence-electron chi connectivity index (χ2n) is 8.15. The van der Waals surface area contributed by atoms with E-state index in [2.05, 4.69) is 45.9 Å². The molecule has 2 atom stereocenters. The fourth-order valence-electron chi connectivity index (χ4n) is 4.25. The molecule has 2 unspecified atom stereocenters. The summed E-state index contributed by atoms with van der Waals surface area (Å²) in [5, 5.41) is 0. The summed E-state index contributed by atoms with van der Waals surface area (Å²) in [6.45, 7) is 6.66. The Kier molecular flexibility index (Phi) is 5.57.